The van der Waals surface area contributed by atoms with Crippen LogP contribution in [-0.2, 0) is 10.0 Å². The molecule has 4 nitrogen and oxygen atoms in total. The first-order chi connectivity index (χ1) is 12.3. The van der Waals surface area contributed by atoms with Gasteiger partial charge in [-0.15, -0.1) is 0 Å². The largest absolute Gasteiger partial charge is 0.366 e. The van der Waals surface area contributed by atoms with Gasteiger partial charge in [-0.1, -0.05) is 38.1 Å². The molecule has 0 N–H and O–H groups in total. The molecule has 1 aliphatic rings. The van der Waals surface area contributed by atoms with Gasteiger partial charge in [0.1, 0.15) is 0 Å². The van der Waals surface area contributed by atoms with Crippen molar-refractivity contribution in [2.45, 2.75) is 44.6 Å². The van der Waals surface area contributed by atoms with E-state index in [1.54, 1.807) is 16.4 Å². The number of anilines is 1. The Morgan fingerprint density at radius 2 is 1.73 bits per heavy atom. The molecule has 2 aromatic rings. The number of hydrogen-bond donors (Lipinski definition) is 0. The normalized spacial score (nSPS) is 19.1. The van der Waals surface area contributed by atoms with E-state index in [1.807, 2.05) is 12.1 Å². The maximum atomic E-state index is 13.0. The van der Waals surface area contributed by atoms with Gasteiger partial charge in [-0.05, 0) is 55.2 Å². The average Bonchev–Trinajstić information content (AvgIpc) is 2.61. The molecule has 0 saturated carbocycles. The van der Waals surface area contributed by atoms with Crippen LogP contribution >= 0.6 is 0 Å². The molecule has 0 radical (unpaired) electrons. The number of nitrogens with zero attached hydrogens (tertiary/aromatic N) is 2. The van der Waals surface area contributed by atoms with Gasteiger partial charge in [-0.25, -0.2) is 8.42 Å². The van der Waals surface area contributed by atoms with Gasteiger partial charge in [-0.3, -0.25) is 0 Å². The molecule has 2 aromatic carbocycles. The molecule has 3 rings (SSSR count). The molecule has 0 amide bonds. The molecule has 0 spiro atoms. The molecular formula is C21H28N2O2S. The summed E-state index contributed by atoms with van der Waals surface area (Å²) in [5, 5.41) is 0. The van der Waals surface area contributed by atoms with Crippen molar-refractivity contribution in [1.82, 2.24) is 4.31 Å². The standard InChI is InChI=1S/C21H28N2O2S/c1-16(2)19-8-10-21(11-9-19)26(24,25)22-12-13-23(18(4)15-22)20-7-5-6-17(3)14-20/h5-11,14,16,18H,12-13,15H2,1-4H3. The fourth-order valence-electron chi connectivity index (χ4n) is 3.51. The number of aryl methyl sites for hydroxylation is 1. The first-order valence-corrected chi connectivity index (χ1v) is 10.7. The van der Waals surface area contributed by atoms with Crippen molar-refractivity contribution in [1.29, 1.82) is 0 Å². The Hall–Kier alpha value is -1.85. The van der Waals surface area contributed by atoms with Gasteiger partial charge in [-0.2, -0.15) is 4.31 Å². The average molecular weight is 373 g/mol. The predicted octanol–water partition coefficient (Wildman–Crippen LogP) is 4.02. The van der Waals surface area contributed by atoms with E-state index in [4.69, 9.17) is 0 Å². The van der Waals surface area contributed by atoms with Gasteiger partial charge < -0.3 is 4.90 Å². The summed E-state index contributed by atoms with van der Waals surface area (Å²) in [6, 6.07) is 15.8. The van der Waals surface area contributed by atoms with Crippen LogP contribution in [0.1, 0.15) is 37.8 Å². The smallest absolute Gasteiger partial charge is 0.243 e. The van der Waals surface area contributed by atoms with E-state index >= 15 is 0 Å². The highest BCUT2D eigenvalue weighted by molar-refractivity contribution is 7.89. The van der Waals surface area contributed by atoms with E-state index in [1.165, 1.54) is 5.56 Å². The molecule has 1 saturated heterocycles. The molecule has 26 heavy (non-hydrogen) atoms. The van der Waals surface area contributed by atoms with Crippen LogP contribution in [0.2, 0.25) is 0 Å². The van der Waals surface area contributed by atoms with Crippen molar-refractivity contribution in [3.8, 4) is 0 Å². The highest BCUT2D eigenvalue weighted by atomic mass is 32.2. The van der Waals surface area contributed by atoms with Crippen molar-refractivity contribution >= 4 is 15.7 Å². The third-order valence-electron chi connectivity index (χ3n) is 5.11. The van der Waals surface area contributed by atoms with Gasteiger partial charge in [0.15, 0.2) is 0 Å². The number of rotatable bonds is 4. The molecule has 1 heterocycles. The molecule has 5 heteroatoms. The first-order valence-electron chi connectivity index (χ1n) is 9.22. The Balaban J connectivity index is 1.77. The van der Waals surface area contributed by atoms with Crippen molar-refractivity contribution in [3.05, 3.63) is 59.7 Å². The molecule has 140 valence electrons. The fraction of sp³-hybridized carbons (Fsp3) is 0.429. The predicted molar refractivity (Wildman–Crippen MR) is 107 cm³/mol. The monoisotopic (exact) mass is 372 g/mol. The summed E-state index contributed by atoms with van der Waals surface area (Å²) in [5.41, 5.74) is 3.53. The highest BCUT2D eigenvalue weighted by Gasteiger charge is 2.32. The van der Waals surface area contributed by atoms with Crippen LogP contribution in [0, 0.1) is 6.92 Å². The maximum absolute atomic E-state index is 13.0. The lowest BCUT2D eigenvalue weighted by Gasteiger charge is -2.40. The second kappa shape index (κ2) is 7.41. The molecule has 1 fully saturated rings. The third-order valence-corrected chi connectivity index (χ3v) is 6.99. The highest BCUT2D eigenvalue weighted by Crippen LogP contribution is 2.26. The van der Waals surface area contributed by atoms with Gasteiger partial charge in [0.2, 0.25) is 10.0 Å². The van der Waals surface area contributed by atoms with Crippen LogP contribution in [0.15, 0.2) is 53.4 Å². The van der Waals surface area contributed by atoms with Crippen LogP contribution in [0.4, 0.5) is 5.69 Å². The van der Waals surface area contributed by atoms with Crippen molar-refractivity contribution in [2.75, 3.05) is 24.5 Å². The van der Waals surface area contributed by atoms with E-state index in [2.05, 4.69) is 56.9 Å². The molecule has 1 unspecified atom stereocenters. The lowest BCUT2D eigenvalue weighted by molar-refractivity contribution is 0.342. The molecule has 0 aromatic heterocycles. The molecule has 0 bridgehead atoms. The van der Waals surface area contributed by atoms with Gasteiger partial charge in [0.25, 0.3) is 0 Å². The number of benzene rings is 2. The summed E-state index contributed by atoms with van der Waals surface area (Å²) < 4.78 is 27.7. The van der Waals surface area contributed by atoms with Crippen molar-refractivity contribution in [2.24, 2.45) is 0 Å². The van der Waals surface area contributed by atoms with Crippen LogP contribution in [0.25, 0.3) is 0 Å². The van der Waals surface area contributed by atoms with Gasteiger partial charge >= 0.3 is 0 Å². The summed E-state index contributed by atoms with van der Waals surface area (Å²) >= 11 is 0. The topological polar surface area (TPSA) is 40.6 Å². The summed E-state index contributed by atoms with van der Waals surface area (Å²) in [6.07, 6.45) is 0. The molecule has 1 aliphatic heterocycles. The fourth-order valence-corrected chi connectivity index (χ4v) is 5.02. The Bertz CT molecular complexity index is 860. The Morgan fingerprint density at radius 1 is 1.04 bits per heavy atom. The van der Waals surface area contributed by atoms with Crippen molar-refractivity contribution in [3.63, 3.8) is 0 Å². The Morgan fingerprint density at radius 3 is 2.31 bits per heavy atom. The quantitative estimate of drug-likeness (QED) is 0.814. The van der Waals surface area contributed by atoms with Crippen LogP contribution in [0.3, 0.4) is 0 Å². The van der Waals surface area contributed by atoms with Gasteiger partial charge in [0.05, 0.1) is 4.90 Å². The minimum absolute atomic E-state index is 0.135. The summed E-state index contributed by atoms with van der Waals surface area (Å²) in [6.45, 7) is 10.1. The Kier molecular flexibility index (Phi) is 5.39. The van der Waals surface area contributed by atoms with Crippen molar-refractivity contribution < 1.29 is 8.42 Å². The summed E-state index contributed by atoms with van der Waals surface area (Å²) in [5.74, 6) is 0.393. The lowest BCUT2D eigenvalue weighted by atomic mass is 10.0. The minimum atomic E-state index is -3.44. The zero-order chi connectivity index (χ0) is 18.9. The molecule has 1 atom stereocenters. The summed E-state index contributed by atoms with van der Waals surface area (Å²) in [7, 11) is -3.44. The number of piperazine rings is 1. The number of sulfonamides is 1. The Labute approximate surface area is 157 Å². The maximum Gasteiger partial charge on any atom is 0.243 e. The van der Waals surface area contributed by atoms with Gasteiger partial charge in [0, 0.05) is 31.4 Å². The molecule has 0 aliphatic carbocycles. The van der Waals surface area contributed by atoms with E-state index in [0.29, 0.717) is 30.4 Å². The van der Waals surface area contributed by atoms with Crippen LogP contribution in [-0.4, -0.2) is 38.4 Å². The second-order valence-corrected chi connectivity index (χ2v) is 9.41. The van der Waals surface area contributed by atoms with E-state index in [9.17, 15) is 8.42 Å². The minimum Gasteiger partial charge on any atom is -0.366 e. The van der Waals surface area contributed by atoms with E-state index in [-0.39, 0.29) is 6.04 Å². The van der Waals surface area contributed by atoms with E-state index < -0.39 is 10.0 Å². The zero-order valence-corrected chi connectivity index (χ0v) is 16.8. The SMILES string of the molecule is Cc1cccc(N2CCN(S(=O)(=O)c3ccc(C(C)C)cc3)CC2C)c1. The second-order valence-electron chi connectivity index (χ2n) is 7.47. The van der Waals surface area contributed by atoms with Crippen LogP contribution < -0.4 is 4.90 Å². The summed E-state index contributed by atoms with van der Waals surface area (Å²) in [4.78, 5) is 2.68. The zero-order valence-electron chi connectivity index (χ0n) is 16.0. The third kappa shape index (κ3) is 3.79. The molecular weight excluding hydrogens is 344 g/mol. The first kappa shape index (κ1) is 18.9. The van der Waals surface area contributed by atoms with Crippen LogP contribution in [0.5, 0.6) is 0 Å². The van der Waals surface area contributed by atoms with E-state index in [0.717, 1.165) is 11.3 Å². The lowest BCUT2D eigenvalue weighted by Crippen LogP contribution is -2.53. The number of hydrogen-bond acceptors (Lipinski definition) is 3.